The zero-order chi connectivity index (χ0) is 17.8. The number of amides is 1. The number of carbonyl (C=O) groups excluding carboxylic acids is 1. The number of hydrogen-bond acceptors (Lipinski definition) is 5. The van der Waals surface area contributed by atoms with E-state index in [1.165, 1.54) is 10.9 Å². The second-order valence-corrected chi connectivity index (χ2v) is 5.81. The third kappa shape index (κ3) is 3.77. The van der Waals surface area contributed by atoms with Crippen LogP contribution in [0.4, 0.5) is 5.69 Å². The zero-order valence-electron chi connectivity index (χ0n) is 13.4. The number of benzene rings is 2. The number of hydrogen-bond donors (Lipinski definition) is 2. The third-order valence-electron chi connectivity index (χ3n) is 3.66. The molecule has 0 radical (unpaired) electrons. The van der Waals surface area contributed by atoms with Crippen molar-refractivity contribution >= 4 is 23.2 Å². The number of halogens is 1. The molecule has 1 unspecified atom stereocenters. The molecule has 0 bridgehead atoms. The van der Waals surface area contributed by atoms with Gasteiger partial charge in [-0.05, 0) is 48.0 Å². The summed E-state index contributed by atoms with van der Waals surface area (Å²) in [6.07, 6.45) is 0.468. The summed E-state index contributed by atoms with van der Waals surface area (Å²) in [5, 5.41) is 25.4. The van der Waals surface area contributed by atoms with Gasteiger partial charge in [0.1, 0.15) is 5.75 Å². The molecule has 0 aliphatic heterocycles. The number of aromatic nitrogens is 4. The van der Waals surface area contributed by atoms with Crippen LogP contribution < -0.4 is 5.32 Å². The maximum atomic E-state index is 12.5. The van der Waals surface area contributed by atoms with Gasteiger partial charge in [0.2, 0.25) is 5.82 Å². The second kappa shape index (κ2) is 7.31. The van der Waals surface area contributed by atoms with Crippen LogP contribution in [0.15, 0.2) is 48.5 Å². The zero-order valence-corrected chi connectivity index (χ0v) is 14.2. The van der Waals surface area contributed by atoms with Crippen molar-refractivity contribution < 1.29 is 9.90 Å². The summed E-state index contributed by atoms with van der Waals surface area (Å²) in [6, 6.07) is 12.9. The van der Waals surface area contributed by atoms with E-state index in [0.29, 0.717) is 23.0 Å². The molecule has 1 aromatic heterocycles. The molecule has 128 valence electrons. The fourth-order valence-corrected chi connectivity index (χ4v) is 2.45. The van der Waals surface area contributed by atoms with Gasteiger partial charge in [-0.3, -0.25) is 4.79 Å². The van der Waals surface area contributed by atoms with Crippen LogP contribution in [0.1, 0.15) is 19.4 Å². The normalized spacial score (nSPS) is 11.9. The molecule has 25 heavy (non-hydrogen) atoms. The first-order chi connectivity index (χ1) is 12.1. The quantitative estimate of drug-likeness (QED) is 0.683. The first kappa shape index (κ1) is 16.9. The lowest BCUT2D eigenvalue weighted by Gasteiger charge is -2.14. The lowest BCUT2D eigenvalue weighted by Crippen LogP contribution is -2.27. The van der Waals surface area contributed by atoms with Gasteiger partial charge in [0.15, 0.2) is 6.04 Å². The highest BCUT2D eigenvalue weighted by Gasteiger charge is 2.22. The minimum absolute atomic E-state index is 0.000828. The van der Waals surface area contributed by atoms with Gasteiger partial charge >= 0.3 is 0 Å². The highest BCUT2D eigenvalue weighted by molar-refractivity contribution is 6.30. The summed E-state index contributed by atoms with van der Waals surface area (Å²) in [7, 11) is 0. The summed E-state index contributed by atoms with van der Waals surface area (Å²) in [5.74, 6) is 0.0774. The Morgan fingerprint density at radius 2 is 1.96 bits per heavy atom. The summed E-state index contributed by atoms with van der Waals surface area (Å²) in [6.45, 7) is 1.85. The predicted octanol–water partition coefficient (Wildman–Crippen LogP) is 3.29. The molecule has 1 amide bonds. The molecule has 1 atom stereocenters. The number of anilines is 1. The smallest absolute Gasteiger partial charge is 0.251 e. The minimum Gasteiger partial charge on any atom is -0.506 e. The van der Waals surface area contributed by atoms with E-state index in [4.69, 9.17) is 11.6 Å². The van der Waals surface area contributed by atoms with Gasteiger partial charge in [0.25, 0.3) is 5.91 Å². The number of nitrogens with one attached hydrogen (secondary N) is 1. The number of para-hydroxylation sites is 2. The Labute approximate surface area is 149 Å². The third-order valence-corrected chi connectivity index (χ3v) is 3.91. The van der Waals surface area contributed by atoms with Crippen LogP contribution in [-0.4, -0.2) is 31.2 Å². The molecule has 2 aromatic carbocycles. The van der Waals surface area contributed by atoms with Crippen molar-refractivity contribution in [3.63, 3.8) is 0 Å². The number of phenols is 1. The molecule has 3 aromatic rings. The topological polar surface area (TPSA) is 92.9 Å². The lowest BCUT2D eigenvalue weighted by molar-refractivity contribution is -0.120. The van der Waals surface area contributed by atoms with Crippen molar-refractivity contribution in [2.45, 2.75) is 19.4 Å². The largest absolute Gasteiger partial charge is 0.506 e. The summed E-state index contributed by atoms with van der Waals surface area (Å²) >= 11 is 5.87. The average molecular weight is 358 g/mol. The monoisotopic (exact) mass is 357 g/mol. The van der Waals surface area contributed by atoms with Crippen molar-refractivity contribution in [1.82, 2.24) is 20.2 Å². The van der Waals surface area contributed by atoms with Crippen LogP contribution in [0.5, 0.6) is 5.75 Å². The molecular weight excluding hydrogens is 342 g/mol. The molecular formula is C17H16ClN5O2. The highest BCUT2D eigenvalue weighted by atomic mass is 35.5. The van der Waals surface area contributed by atoms with Crippen molar-refractivity contribution in [3.05, 3.63) is 53.6 Å². The lowest BCUT2D eigenvalue weighted by atomic mass is 10.2. The molecule has 0 fully saturated rings. The molecule has 7 nitrogen and oxygen atoms in total. The Hall–Kier alpha value is -2.93. The number of tetrazole rings is 1. The molecule has 0 saturated carbocycles. The SMILES string of the molecule is CCC(C(=O)Nc1ccccc1O)n1nnc(-c2ccc(Cl)cc2)n1. The molecule has 3 rings (SSSR count). The van der Waals surface area contributed by atoms with E-state index in [-0.39, 0.29) is 11.7 Å². The van der Waals surface area contributed by atoms with Crippen LogP contribution >= 0.6 is 11.6 Å². The molecule has 1 heterocycles. The predicted molar refractivity (Wildman–Crippen MR) is 94.3 cm³/mol. The van der Waals surface area contributed by atoms with Crippen molar-refractivity contribution in [3.8, 4) is 17.1 Å². The Bertz CT molecular complexity index is 879. The first-order valence-corrected chi connectivity index (χ1v) is 8.10. The summed E-state index contributed by atoms with van der Waals surface area (Å²) in [4.78, 5) is 13.8. The summed E-state index contributed by atoms with van der Waals surface area (Å²) in [5.41, 5.74) is 1.09. The molecule has 0 spiro atoms. The van der Waals surface area contributed by atoms with E-state index in [0.717, 1.165) is 5.56 Å². The van der Waals surface area contributed by atoms with E-state index in [1.807, 2.05) is 6.92 Å². The number of rotatable bonds is 5. The fourth-order valence-electron chi connectivity index (χ4n) is 2.32. The van der Waals surface area contributed by atoms with E-state index in [9.17, 15) is 9.90 Å². The number of aromatic hydroxyl groups is 1. The van der Waals surface area contributed by atoms with Gasteiger partial charge in [-0.25, -0.2) is 0 Å². The van der Waals surface area contributed by atoms with Crippen molar-refractivity contribution in [2.24, 2.45) is 0 Å². The van der Waals surface area contributed by atoms with Gasteiger partial charge in [-0.2, -0.15) is 4.80 Å². The van der Waals surface area contributed by atoms with Crippen LogP contribution in [0.2, 0.25) is 5.02 Å². The number of carbonyl (C=O) groups is 1. The van der Waals surface area contributed by atoms with E-state index < -0.39 is 6.04 Å². The van der Waals surface area contributed by atoms with Crippen molar-refractivity contribution in [2.75, 3.05) is 5.32 Å². The number of nitrogens with zero attached hydrogens (tertiary/aromatic N) is 4. The standard InChI is InChI=1S/C17H16ClN5O2/c1-2-14(17(25)19-13-5-3-4-6-15(13)24)23-21-16(20-22-23)11-7-9-12(18)10-8-11/h3-10,14,24H,2H2,1H3,(H,19,25). The molecule has 2 N–H and O–H groups in total. The Balaban J connectivity index is 1.80. The van der Waals surface area contributed by atoms with Gasteiger partial charge in [0.05, 0.1) is 5.69 Å². The van der Waals surface area contributed by atoms with Gasteiger partial charge in [0, 0.05) is 10.6 Å². The first-order valence-electron chi connectivity index (χ1n) is 7.72. The molecule has 8 heteroatoms. The van der Waals surface area contributed by atoms with Crippen LogP contribution in [0.25, 0.3) is 11.4 Å². The maximum absolute atomic E-state index is 12.5. The van der Waals surface area contributed by atoms with E-state index in [1.54, 1.807) is 42.5 Å². The fraction of sp³-hybridized carbons (Fsp3) is 0.176. The van der Waals surface area contributed by atoms with Gasteiger partial charge < -0.3 is 10.4 Å². The van der Waals surface area contributed by atoms with E-state index in [2.05, 4.69) is 20.7 Å². The number of phenolic OH excluding ortho intramolecular Hbond substituents is 1. The highest BCUT2D eigenvalue weighted by Crippen LogP contribution is 2.24. The second-order valence-electron chi connectivity index (χ2n) is 5.37. The van der Waals surface area contributed by atoms with Gasteiger partial charge in [-0.1, -0.05) is 30.7 Å². The Kier molecular flexibility index (Phi) is 4.95. The Morgan fingerprint density at radius 1 is 1.24 bits per heavy atom. The van der Waals surface area contributed by atoms with Gasteiger partial charge in [-0.15, -0.1) is 10.2 Å². The minimum atomic E-state index is -0.645. The van der Waals surface area contributed by atoms with Crippen LogP contribution in [-0.2, 0) is 4.79 Å². The van der Waals surface area contributed by atoms with Crippen molar-refractivity contribution in [1.29, 1.82) is 0 Å². The Morgan fingerprint density at radius 3 is 2.64 bits per heavy atom. The molecule has 0 aliphatic rings. The van der Waals surface area contributed by atoms with E-state index >= 15 is 0 Å². The van der Waals surface area contributed by atoms with Crippen LogP contribution in [0.3, 0.4) is 0 Å². The van der Waals surface area contributed by atoms with Crippen LogP contribution in [0, 0.1) is 0 Å². The molecule has 0 saturated heterocycles. The maximum Gasteiger partial charge on any atom is 0.251 e. The summed E-state index contributed by atoms with van der Waals surface area (Å²) < 4.78 is 0. The average Bonchev–Trinajstić information content (AvgIpc) is 3.08. The molecule has 0 aliphatic carbocycles.